The summed E-state index contributed by atoms with van der Waals surface area (Å²) in [5, 5.41) is 5.09. The predicted octanol–water partition coefficient (Wildman–Crippen LogP) is 3.49. The molecule has 0 aromatic heterocycles. The summed E-state index contributed by atoms with van der Waals surface area (Å²) in [5.74, 6) is -0.555. The number of allylic oxidation sites excluding steroid dienone is 1. The molecule has 1 saturated heterocycles. The Bertz CT molecular complexity index is 1010. The number of benzene rings is 1. The van der Waals surface area contributed by atoms with Crippen LogP contribution in [0.1, 0.15) is 45.6 Å². The van der Waals surface area contributed by atoms with E-state index in [1.165, 1.54) is 7.11 Å². The maximum Gasteiger partial charge on any atom is 0.330 e. The number of urea groups is 1. The predicted molar refractivity (Wildman–Crippen MR) is 138 cm³/mol. The van der Waals surface area contributed by atoms with Crippen molar-refractivity contribution in [3.63, 3.8) is 0 Å². The summed E-state index contributed by atoms with van der Waals surface area (Å²) in [5.41, 5.74) is 0.503. The largest absolute Gasteiger partial charge is 0.469 e. The molecule has 2 N–H and O–H groups in total. The average molecular weight is 518 g/mol. The first-order valence-corrected chi connectivity index (χ1v) is 13.1. The van der Waals surface area contributed by atoms with Gasteiger partial charge < -0.3 is 25.0 Å². The molecular formula is C26H35N3O6S. The first-order valence-electron chi connectivity index (χ1n) is 12.1. The van der Waals surface area contributed by atoms with Crippen LogP contribution in [0, 0.1) is 5.92 Å². The van der Waals surface area contributed by atoms with Crippen molar-refractivity contribution in [3.05, 3.63) is 42.0 Å². The zero-order chi connectivity index (χ0) is 26.3. The SMILES string of the molecule is COC(=O)Cc1cccc(NC(=O)NCC(=O)N2[C@@H]([C@H]3C=CCCC3)SC[C@H]2C(=O)OC(C)(C)C)c1. The quantitative estimate of drug-likeness (QED) is 0.420. The van der Waals surface area contributed by atoms with Crippen LogP contribution < -0.4 is 10.6 Å². The van der Waals surface area contributed by atoms with Gasteiger partial charge in [0.1, 0.15) is 11.6 Å². The number of nitrogens with one attached hydrogen (secondary N) is 2. The van der Waals surface area contributed by atoms with Crippen LogP contribution in [0.2, 0.25) is 0 Å². The van der Waals surface area contributed by atoms with E-state index in [0.717, 1.165) is 19.3 Å². The molecule has 3 rings (SSSR count). The van der Waals surface area contributed by atoms with Gasteiger partial charge in [-0.25, -0.2) is 9.59 Å². The molecule has 196 valence electrons. The van der Waals surface area contributed by atoms with Gasteiger partial charge in [-0.3, -0.25) is 9.59 Å². The number of esters is 2. The van der Waals surface area contributed by atoms with Gasteiger partial charge in [0.05, 0.1) is 25.4 Å². The molecule has 10 heteroatoms. The Morgan fingerprint density at radius 1 is 1.19 bits per heavy atom. The summed E-state index contributed by atoms with van der Waals surface area (Å²) in [7, 11) is 1.32. The van der Waals surface area contributed by atoms with Crippen LogP contribution in [0.15, 0.2) is 36.4 Å². The van der Waals surface area contributed by atoms with Gasteiger partial charge in [0.25, 0.3) is 0 Å². The standard InChI is InChI=1S/C26H35N3O6S/c1-26(2,3)35-24(32)20-16-36-23(18-10-6-5-7-11-18)29(20)21(30)15-27-25(33)28-19-12-8-9-17(13-19)14-22(31)34-4/h6,8-10,12-13,18,20,23H,5,7,11,14-16H2,1-4H3,(H2,27,28,33)/t18-,20-,23+/m0/s1. The Labute approximate surface area is 216 Å². The van der Waals surface area contributed by atoms with Crippen molar-refractivity contribution in [2.24, 2.45) is 5.92 Å². The zero-order valence-electron chi connectivity index (χ0n) is 21.2. The number of thioether (sulfide) groups is 1. The van der Waals surface area contributed by atoms with E-state index in [1.54, 1.807) is 61.7 Å². The van der Waals surface area contributed by atoms with Crippen molar-refractivity contribution in [2.75, 3.05) is 24.7 Å². The maximum atomic E-state index is 13.3. The number of carbonyl (C=O) groups is 4. The van der Waals surface area contributed by atoms with E-state index < -0.39 is 23.6 Å². The molecule has 1 heterocycles. The zero-order valence-corrected chi connectivity index (χ0v) is 22.1. The number of hydrogen-bond donors (Lipinski definition) is 2. The molecule has 0 radical (unpaired) electrons. The summed E-state index contributed by atoms with van der Waals surface area (Å²) in [6.45, 7) is 5.13. The number of rotatable bonds is 7. The lowest BCUT2D eigenvalue weighted by atomic mass is 9.94. The fraction of sp³-hybridized carbons (Fsp3) is 0.538. The van der Waals surface area contributed by atoms with E-state index in [2.05, 4.69) is 27.5 Å². The molecule has 1 aromatic carbocycles. The lowest BCUT2D eigenvalue weighted by Crippen LogP contribution is -2.52. The van der Waals surface area contributed by atoms with Crippen molar-refractivity contribution in [3.8, 4) is 0 Å². The molecule has 1 aliphatic heterocycles. The molecule has 0 unspecified atom stereocenters. The van der Waals surface area contributed by atoms with E-state index in [0.29, 0.717) is 17.0 Å². The van der Waals surface area contributed by atoms with Gasteiger partial charge in [-0.05, 0) is 57.7 Å². The maximum absolute atomic E-state index is 13.3. The van der Waals surface area contributed by atoms with Gasteiger partial charge in [0, 0.05) is 17.4 Å². The Balaban J connectivity index is 1.65. The molecule has 36 heavy (non-hydrogen) atoms. The minimum Gasteiger partial charge on any atom is -0.469 e. The molecule has 3 amide bonds. The highest BCUT2D eigenvalue weighted by molar-refractivity contribution is 8.00. The Kier molecular flexibility index (Phi) is 9.42. The van der Waals surface area contributed by atoms with Crippen molar-refractivity contribution < 1.29 is 28.7 Å². The highest BCUT2D eigenvalue weighted by Crippen LogP contribution is 2.39. The van der Waals surface area contributed by atoms with Crippen LogP contribution in [0.5, 0.6) is 0 Å². The normalized spacial score (nSPS) is 21.6. The van der Waals surface area contributed by atoms with Gasteiger partial charge in [-0.1, -0.05) is 24.3 Å². The number of amides is 3. The van der Waals surface area contributed by atoms with Gasteiger partial charge in [-0.2, -0.15) is 0 Å². The van der Waals surface area contributed by atoms with Gasteiger partial charge in [0.2, 0.25) is 5.91 Å². The first kappa shape index (κ1) is 27.6. The summed E-state index contributed by atoms with van der Waals surface area (Å²) >= 11 is 1.58. The minimum atomic E-state index is -0.707. The topological polar surface area (TPSA) is 114 Å². The minimum absolute atomic E-state index is 0.0851. The number of carbonyl (C=O) groups excluding carboxylic acids is 4. The van der Waals surface area contributed by atoms with Crippen LogP contribution in [-0.4, -0.2) is 65.2 Å². The van der Waals surface area contributed by atoms with Gasteiger partial charge in [-0.15, -0.1) is 11.8 Å². The Hall–Kier alpha value is -3.01. The Morgan fingerprint density at radius 3 is 2.64 bits per heavy atom. The van der Waals surface area contributed by atoms with Crippen molar-refractivity contribution in [2.45, 2.75) is 63.5 Å². The van der Waals surface area contributed by atoms with E-state index in [-0.39, 0.29) is 36.1 Å². The highest BCUT2D eigenvalue weighted by atomic mass is 32.2. The smallest absolute Gasteiger partial charge is 0.330 e. The lowest BCUT2D eigenvalue weighted by molar-refractivity contribution is -0.163. The monoisotopic (exact) mass is 517 g/mol. The molecule has 0 bridgehead atoms. The second kappa shape index (κ2) is 12.3. The molecule has 1 aromatic rings. The summed E-state index contributed by atoms with van der Waals surface area (Å²) in [6.07, 6.45) is 7.32. The fourth-order valence-electron chi connectivity index (χ4n) is 4.22. The van der Waals surface area contributed by atoms with E-state index in [9.17, 15) is 19.2 Å². The number of nitrogens with zero attached hydrogens (tertiary/aromatic N) is 1. The van der Waals surface area contributed by atoms with Crippen LogP contribution in [0.25, 0.3) is 0 Å². The molecule has 1 aliphatic carbocycles. The first-order chi connectivity index (χ1) is 17.1. The highest BCUT2D eigenvalue weighted by Gasteiger charge is 2.45. The van der Waals surface area contributed by atoms with Crippen molar-refractivity contribution >= 4 is 41.3 Å². The fourth-order valence-corrected chi connectivity index (χ4v) is 5.80. The molecule has 0 saturated carbocycles. The van der Waals surface area contributed by atoms with Gasteiger partial charge >= 0.3 is 18.0 Å². The number of anilines is 1. The van der Waals surface area contributed by atoms with Crippen LogP contribution in [-0.2, 0) is 30.3 Å². The van der Waals surface area contributed by atoms with Crippen LogP contribution >= 0.6 is 11.8 Å². The third-order valence-electron chi connectivity index (χ3n) is 5.82. The third-order valence-corrected chi connectivity index (χ3v) is 7.25. The molecule has 9 nitrogen and oxygen atoms in total. The van der Waals surface area contributed by atoms with E-state index in [4.69, 9.17) is 4.74 Å². The third kappa shape index (κ3) is 7.74. The summed E-state index contributed by atoms with van der Waals surface area (Å²) in [4.78, 5) is 51.9. The lowest BCUT2D eigenvalue weighted by Gasteiger charge is -2.34. The molecule has 0 spiro atoms. The summed E-state index contributed by atoms with van der Waals surface area (Å²) < 4.78 is 10.3. The van der Waals surface area contributed by atoms with Crippen molar-refractivity contribution in [1.29, 1.82) is 0 Å². The number of methoxy groups -OCH3 is 1. The van der Waals surface area contributed by atoms with E-state index >= 15 is 0 Å². The van der Waals surface area contributed by atoms with Crippen LogP contribution in [0.3, 0.4) is 0 Å². The molecular weight excluding hydrogens is 482 g/mol. The van der Waals surface area contributed by atoms with Crippen molar-refractivity contribution in [1.82, 2.24) is 10.2 Å². The second-order valence-corrected chi connectivity index (χ2v) is 11.0. The number of ether oxygens (including phenoxy) is 2. The molecule has 2 aliphatic rings. The van der Waals surface area contributed by atoms with Crippen LogP contribution in [0.4, 0.5) is 10.5 Å². The average Bonchev–Trinajstić information content (AvgIpc) is 3.28. The van der Waals surface area contributed by atoms with E-state index in [1.807, 2.05) is 0 Å². The van der Waals surface area contributed by atoms with Gasteiger partial charge in [0.15, 0.2) is 0 Å². The Morgan fingerprint density at radius 2 is 1.97 bits per heavy atom. The molecule has 1 fully saturated rings. The molecule has 3 atom stereocenters. The number of hydrogen-bond acceptors (Lipinski definition) is 7. The second-order valence-electron chi connectivity index (χ2n) is 9.86. The summed E-state index contributed by atoms with van der Waals surface area (Å²) in [6, 6.07) is 5.55.